The SMILES string of the molecule is COc1cc2nc(-c3cc(C)c(Oc4ccn5ncnc5c4)cc3OC)nc(N)c2cc1N. The normalized spacial score (nSPS) is 11.1. The van der Waals surface area contributed by atoms with Crippen molar-refractivity contribution in [3.63, 3.8) is 0 Å². The molecule has 0 radical (unpaired) electrons. The molecule has 0 saturated heterocycles. The van der Waals surface area contributed by atoms with E-state index in [0.29, 0.717) is 62.4 Å². The van der Waals surface area contributed by atoms with Gasteiger partial charge < -0.3 is 25.7 Å². The van der Waals surface area contributed by atoms with E-state index in [1.807, 2.05) is 19.1 Å². The summed E-state index contributed by atoms with van der Waals surface area (Å²) in [6, 6.07) is 10.8. The fourth-order valence-corrected chi connectivity index (χ4v) is 3.60. The maximum absolute atomic E-state index is 6.23. The van der Waals surface area contributed by atoms with Gasteiger partial charge in [0.2, 0.25) is 0 Å². The zero-order valence-electron chi connectivity index (χ0n) is 18.2. The molecule has 0 spiro atoms. The van der Waals surface area contributed by atoms with Crippen LogP contribution in [0.25, 0.3) is 27.9 Å². The first-order chi connectivity index (χ1) is 16.0. The molecule has 0 saturated carbocycles. The van der Waals surface area contributed by atoms with E-state index >= 15 is 0 Å². The fourth-order valence-electron chi connectivity index (χ4n) is 3.60. The lowest BCUT2D eigenvalue weighted by Crippen LogP contribution is -2.02. The second-order valence-corrected chi connectivity index (χ2v) is 7.39. The van der Waals surface area contributed by atoms with Crippen LogP contribution in [0.3, 0.4) is 0 Å². The molecule has 166 valence electrons. The standard InChI is InChI=1S/C23H21N7O3/c1-12-6-15(23-28-17-9-20(32-3)16(24)8-14(17)22(25)29-23)19(31-2)10-18(12)33-13-4-5-30-21(7-13)26-11-27-30/h4-11H,24H2,1-3H3,(H2,25,28,29). The number of rotatable bonds is 5. The molecular formula is C23H21N7O3. The Morgan fingerprint density at radius 2 is 1.73 bits per heavy atom. The van der Waals surface area contributed by atoms with Gasteiger partial charge in [0.25, 0.3) is 0 Å². The minimum atomic E-state index is 0.311. The molecule has 4 N–H and O–H groups in total. The minimum absolute atomic E-state index is 0.311. The molecule has 3 heterocycles. The first-order valence-electron chi connectivity index (χ1n) is 10.0. The van der Waals surface area contributed by atoms with Crippen LogP contribution in [0.2, 0.25) is 0 Å². The Kier molecular flexibility index (Phi) is 4.82. The third-order valence-electron chi connectivity index (χ3n) is 5.29. The number of fused-ring (bicyclic) bond motifs is 2. The van der Waals surface area contributed by atoms with Crippen molar-refractivity contribution >= 4 is 28.1 Å². The molecule has 0 aliphatic heterocycles. The average molecular weight is 443 g/mol. The average Bonchev–Trinajstić information content (AvgIpc) is 3.28. The number of nitrogens with two attached hydrogens (primary N) is 2. The smallest absolute Gasteiger partial charge is 0.165 e. The van der Waals surface area contributed by atoms with Gasteiger partial charge in [-0.1, -0.05) is 0 Å². The number of aryl methyl sites for hydroxylation is 1. The second kappa shape index (κ2) is 7.83. The number of hydrogen-bond donors (Lipinski definition) is 2. The lowest BCUT2D eigenvalue weighted by molar-refractivity contribution is 0.409. The molecule has 0 aliphatic rings. The number of hydrogen-bond acceptors (Lipinski definition) is 9. The quantitative estimate of drug-likeness (QED) is 0.390. The predicted molar refractivity (Wildman–Crippen MR) is 125 cm³/mol. The van der Waals surface area contributed by atoms with Gasteiger partial charge in [-0.3, -0.25) is 0 Å². The van der Waals surface area contributed by atoms with E-state index in [1.165, 1.54) is 6.33 Å². The number of methoxy groups -OCH3 is 2. The van der Waals surface area contributed by atoms with E-state index in [1.54, 1.807) is 49.2 Å². The molecule has 0 atom stereocenters. The first-order valence-corrected chi connectivity index (χ1v) is 10.0. The van der Waals surface area contributed by atoms with Crippen LogP contribution in [0.15, 0.2) is 48.9 Å². The second-order valence-electron chi connectivity index (χ2n) is 7.39. The zero-order valence-corrected chi connectivity index (χ0v) is 18.2. The highest BCUT2D eigenvalue weighted by atomic mass is 16.5. The van der Waals surface area contributed by atoms with E-state index in [0.717, 1.165) is 5.56 Å². The largest absolute Gasteiger partial charge is 0.496 e. The Morgan fingerprint density at radius 1 is 0.909 bits per heavy atom. The molecule has 0 amide bonds. The Morgan fingerprint density at radius 3 is 2.52 bits per heavy atom. The third-order valence-corrected chi connectivity index (χ3v) is 5.29. The molecule has 10 nitrogen and oxygen atoms in total. The van der Waals surface area contributed by atoms with Crippen molar-refractivity contribution in [1.29, 1.82) is 0 Å². The predicted octanol–water partition coefficient (Wildman–Crippen LogP) is 3.62. The van der Waals surface area contributed by atoms with Crippen LogP contribution in [-0.4, -0.2) is 38.8 Å². The topological polar surface area (TPSA) is 136 Å². The lowest BCUT2D eigenvalue weighted by Gasteiger charge is -2.15. The van der Waals surface area contributed by atoms with Gasteiger partial charge in [-0.05, 0) is 30.7 Å². The summed E-state index contributed by atoms with van der Waals surface area (Å²) in [6.07, 6.45) is 3.27. The molecule has 10 heteroatoms. The lowest BCUT2D eigenvalue weighted by atomic mass is 10.1. The van der Waals surface area contributed by atoms with Gasteiger partial charge in [0.15, 0.2) is 11.5 Å². The van der Waals surface area contributed by atoms with Crippen LogP contribution in [0.5, 0.6) is 23.0 Å². The first kappa shape index (κ1) is 20.3. The minimum Gasteiger partial charge on any atom is -0.496 e. The monoisotopic (exact) mass is 443 g/mol. The summed E-state index contributed by atoms with van der Waals surface area (Å²) in [7, 11) is 3.13. The van der Waals surface area contributed by atoms with E-state index < -0.39 is 0 Å². The third kappa shape index (κ3) is 3.57. The Labute approximate surface area is 188 Å². The molecule has 5 aromatic rings. The van der Waals surface area contributed by atoms with E-state index in [2.05, 4.69) is 20.1 Å². The summed E-state index contributed by atoms with van der Waals surface area (Å²) in [4.78, 5) is 13.4. The summed E-state index contributed by atoms with van der Waals surface area (Å²) >= 11 is 0. The van der Waals surface area contributed by atoms with Gasteiger partial charge in [0.05, 0.1) is 31.0 Å². The van der Waals surface area contributed by atoms with Crippen LogP contribution in [0.1, 0.15) is 5.56 Å². The fraction of sp³-hybridized carbons (Fsp3) is 0.130. The van der Waals surface area contributed by atoms with Crippen LogP contribution < -0.4 is 25.7 Å². The van der Waals surface area contributed by atoms with Crippen molar-refractivity contribution in [2.75, 3.05) is 25.7 Å². The molecule has 0 unspecified atom stereocenters. The van der Waals surface area contributed by atoms with Gasteiger partial charge in [-0.2, -0.15) is 5.10 Å². The number of benzene rings is 2. The van der Waals surface area contributed by atoms with E-state index in [9.17, 15) is 0 Å². The molecule has 33 heavy (non-hydrogen) atoms. The molecule has 0 aliphatic carbocycles. The number of nitrogens with zero attached hydrogens (tertiary/aromatic N) is 5. The summed E-state index contributed by atoms with van der Waals surface area (Å²) in [5, 5.41) is 4.74. The number of pyridine rings is 1. The van der Waals surface area contributed by atoms with Crippen molar-refractivity contribution in [3.8, 4) is 34.4 Å². The zero-order chi connectivity index (χ0) is 23.1. The number of nitrogen functional groups attached to an aromatic ring is 2. The van der Waals surface area contributed by atoms with Crippen LogP contribution >= 0.6 is 0 Å². The van der Waals surface area contributed by atoms with E-state index in [-0.39, 0.29) is 0 Å². The molecule has 0 fully saturated rings. The van der Waals surface area contributed by atoms with Crippen LogP contribution in [-0.2, 0) is 0 Å². The maximum atomic E-state index is 6.23. The number of ether oxygens (including phenoxy) is 3. The van der Waals surface area contributed by atoms with E-state index in [4.69, 9.17) is 25.7 Å². The summed E-state index contributed by atoms with van der Waals surface area (Å²) in [5.74, 6) is 3.05. The summed E-state index contributed by atoms with van der Waals surface area (Å²) in [5.41, 5.74) is 15.5. The molecule has 3 aromatic heterocycles. The molecular weight excluding hydrogens is 422 g/mol. The van der Waals surface area contributed by atoms with Gasteiger partial charge in [0, 0.05) is 29.8 Å². The van der Waals surface area contributed by atoms with Gasteiger partial charge in [-0.15, -0.1) is 0 Å². The van der Waals surface area contributed by atoms with Crippen molar-refractivity contribution in [1.82, 2.24) is 24.6 Å². The van der Waals surface area contributed by atoms with Gasteiger partial charge in [0.1, 0.15) is 35.1 Å². The molecule has 5 rings (SSSR count). The maximum Gasteiger partial charge on any atom is 0.165 e. The Bertz CT molecular complexity index is 1510. The summed E-state index contributed by atoms with van der Waals surface area (Å²) < 4.78 is 18.7. The van der Waals surface area contributed by atoms with Crippen molar-refractivity contribution < 1.29 is 14.2 Å². The Hall–Kier alpha value is -4.60. The van der Waals surface area contributed by atoms with Crippen molar-refractivity contribution in [2.45, 2.75) is 6.92 Å². The number of aromatic nitrogens is 5. The van der Waals surface area contributed by atoms with Crippen LogP contribution in [0.4, 0.5) is 11.5 Å². The van der Waals surface area contributed by atoms with Crippen LogP contribution in [0, 0.1) is 6.92 Å². The van der Waals surface area contributed by atoms with Crippen molar-refractivity contribution in [2.24, 2.45) is 0 Å². The molecule has 0 bridgehead atoms. The Balaban J connectivity index is 1.57. The van der Waals surface area contributed by atoms with Gasteiger partial charge >= 0.3 is 0 Å². The number of anilines is 2. The highest BCUT2D eigenvalue weighted by Crippen LogP contribution is 2.38. The highest BCUT2D eigenvalue weighted by molar-refractivity contribution is 5.94. The van der Waals surface area contributed by atoms with Gasteiger partial charge in [-0.25, -0.2) is 19.5 Å². The highest BCUT2D eigenvalue weighted by Gasteiger charge is 2.17. The van der Waals surface area contributed by atoms with Crippen molar-refractivity contribution in [3.05, 3.63) is 54.5 Å². The molecule has 2 aromatic carbocycles. The summed E-state index contributed by atoms with van der Waals surface area (Å²) in [6.45, 7) is 1.93.